The van der Waals surface area contributed by atoms with Crippen LogP contribution < -0.4 is 5.32 Å². The third kappa shape index (κ3) is 4.94. The molecule has 166 valence electrons. The summed E-state index contributed by atoms with van der Waals surface area (Å²) in [4.78, 5) is 12.7. The van der Waals surface area contributed by atoms with Crippen molar-refractivity contribution in [2.24, 2.45) is 7.05 Å². The average Bonchev–Trinajstić information content (AvgIpc) is 3.48. The maximum atomic E-state index is 12.7. The highest BCUT2D eigenvalue weighted by molar-refractivity contribution is 7.99. The van der Waals surface area contributed by atoms with E-state index in [-0.39, 0.29) is 17.1 Å². The molecule has 0 spiro atoms. The van der Waals surface area contributed by atoms with Crippen LogP contribution in [0.1, 0.15) is 32.0 Å². The highest BCUT2D eigenvalue weighted by atomic mass is 32.2. The molecular formula is C23H26N6O2S. The van der Waals surface area contributed by atoms with Crippen molar-refractivity contribution >= 4 is 23.5 Å². The number of hydrogen-bond acceptors (Lipinski definition) is 6. The van der Waals surface area contributed by atoms with Crippen LogP contribution in [-0.4, -0.2) is 36.2 Å². The van der Waals surface area contributed by atoms with E-state index in [4.69, 9.17) is 4.42 Å². The lowest BCUT2D eigenvalue weighted by Gasteiger charge is -2.13. The fourth-order valence-electron chi connectivity index (χ4n) is 3.15. The molecule has 4 aromatic rings. The van der Waals surface area contributed by atoms with Crippen molar-refractivity contribution < 1.29 is 9.21 Å². The number of amides is 1. The molecule has 0 bridgehead atoms. The van der Waals surface area contributed by atoms with Crippen molar-refractivity contribution in [3.8, 4) is 11.6 Å². The largest absolute Gasteiger partial charge is 0.461 e. The summed E-state index contributed by atoms with van der Waals surface area (Å²) in [6.45, 7) is 6.84. The first-order valence-corrected chi connectivity index (χ1v) is 11.3. The molecule has 0 aliphatic heterocycles. The number of anilines is 1. The summed E-state index contributed by atoms with van der Waals surface area (Å²) in [5, 5.41) is 16.7. The van der Waals surface area contributed by atoms with E-state index in [9.17, 15) is 4.79 Å². The fraction of sp³-hybridized carbons (Fsp3) is 0.304. The van der Waals surface area contributed by atoms with Gasteiger partial charge in [-0.2, -0.15) is 5.10 Å². The van der Waals surface area contributed by atoms with Crippen LogP contribution in [0.4, 0.5) is 5.82 Å². The van der Waals surface area contributed by atoms with Crippen molar-refractivity contribution in [1.29, 1.82) is 0 Å². The lowest BCUT2D eigenvalue weighted by atomic mass is 9.92. The zero-order chi connectivity index (χ0) is 22.7. The zero-order valence-corrected chi connectivity index (χ0v) is 19.4. The quantitative estimate of drug-likeness (QED) is 0.421. The van der Waals surface area contributed by atoms with Crippen molar-refractivity contribution in [3.05, 3.63) is 66.1 Å². The minimum absolute atomic E-state index is 0.0917. The van der Waals surface area contributed by atoms with Gasteiger partial charge in [-0.15, -0.1) is 10.2 Å². The molecule has 0 atom stereocenters. The Labute approximate surface area is 191 Å². The first-order chi connectivity index (χ1) is 15.3. The summed E-state index contributed by atoms with van der Waals surface area (Å²) in [6.07, 6.45) is 1.61. The summed E-state index contributed by atoms with van der Waals surface area (Å²) < 4.78 is 9.19. The lowest BCUT2D eigenvalue weighted by molar-refractivity contribution is -0.113. The van der Waals surface area contributed by atoms with Crippen molar-refractivity contribution in [3.63, 3.8) is 0 Å². The van der Waals surface area contributed by atoms with Gasteiger partial charge in [-0.1, -0.05) is 62.9 Å². The molecule has 8 nitrogen and oxygen atoms in total. The van der Waals surface area contributed by atoms with Crippen LogP contribution in [0.25, 0.3) is 11.6 Å². The molecule has 9 heteroatoms. The molecule has 3 aromatic heterocycles. The van der Waals surface area contributed by atoms with E-state index in [1.165, 1.54) is 11.8 Å². The Hall–Kier alpha value is -3.33. The van der Waals surface area contributed by atoms with Gasteiger partial charge in [0, 0.05) is 18.5 Å². The monoisotopic (exact) mass is 450 g/mol. The van der Waals surface area contributed by atoms with Gasteiger partial charge in [-0.3, -0.25) is 14.0 Å². The summed E-state index contributed by atoms with van der Waals surface area (Å²) in [6, 6.07) is 15.6. The number of nitrogens with zero attached hydrogens (tertiary/aromatic N) is 5. The number of nitrogens with one attached hydrogen (secondary N) is 1. The maximum absolute atomic E-state index is 12.7. The minimum Gasteiger partial charge on any atom is -0.461 e. The van der Waals surface area contributed by atoms with Gasteiger partial charge in [0.25, 0.3) is 0 Å². The van der Waals surface area contributed by atoms with E-state index in [0.717, 1.165) is 11.3 Å². The van der Waals surface area contributed by atoms with Crippen LogP contribution in [-0.2, 0) is 23.8 Å². The van der Waals surface area contributed by atoms with Crippen LogP contribution in [0.15, 0.2) is 64.4 Å². The molecule has 0 saturated heterocycles. The number of carbonyl (C=O) groups is 1. The highest BCUT2D eigenvalue weighted by Crippen LogP contribution is 2.26. The Balaban J connectivity index is 1.49. The molecule has 0 saturated carbocycles. The van der Waals surface area contributed by atoms with Gasteiger partial charge in [-0.25, -0.2) is 0 Å². The van der Waals surface area contributed by atoms with Crippen molar-refractivity contribution in [1.82, 2.24) is 24.5 Å². The predicted molar refractivity (Wildman–Crippen MR) is 125 cm³/mol. The number of aryl methyl sites for hydroxylation is 1. The van der Waals surface area contributed by atoms with E-state index < -0.39 is 0 Å². The van der Waals surface area contributed by atoms with Gasteiger partial charge in [0.05, 0.1) is 24.3 Å². The van der Waals surface area contributed by atoms with E-state index in [1.807, 2.05) is 60.1 Å². The van der Waals surface area contributed by atoms with E-state index in [2.05, 4.69) is 41.4 Å². The minimum atomic E-state index is -0.132. The first-order valence-electron chi connectivity index (χ1n) is 10.3. The molecule has 0 radical (unpaired) electrons. The van der Waals surface area contributed by atoms with Crippen molar-refractivity contribution in [2.75, 3.05) is 11.1 Å². The van der Waals surface area contributed by atoms with Gasteiger partial charge in [0.1, 0.15) is 5.82 Å². The van der Waals surface area contributed by atoms with E-state index >= 15 is 0 Å². The molecule has 0 unspecified atom stereocenters. The molecule has 0 aliphatic rings. The average molecular weight is 451 g/mol. The maximum Gasteiger partial charge on any atom is 0.235 e. The Morgan fingerprint density at radius 1 is 1.12 bits per heavy atom. The summed E-state index contributed by atoms with van der Waals surface area (Å²) in [7, 11) is 1.82. The van der Waals surface area contributed by atoms with Crippen LogP contribution >= 0.6 is 11.8 Å². The Morgan fingerprint density at radius 3 is 2.56 bits per heavy atom. The number of hydrogen-bond donors (Lipinski definition) is 1. The molecule has 3 heterocycles. The number of furan rings is 1. The SMILES string of the molecule is Cn1nc(C(C)(C)C)cc1NC(=O)CSc1nnc(-c2ccco2)n1Cc1ccccc1. The Bertz CT molecular complexity index is 1190. The standard InChI is InChI=1S/C23H26N6O2S/c1-23(2,3)18-13-19(28(4)27-18)24-20(30)15-32-22-26-25-21(17-11-8-12-31-17)29(22)14-16-9-6-5-7-10-16/h5-13H,14-15H2,1-4H3,(H,24,30). The second kappa shape index (κ2) is 9.04. The molecule has 4 rings (SSSR count). The van der Waals surface area contributed by atoms with Crippen LogP contribution in [0.5, 0.6) is 0 Å². The number of thioether (sulfide) groups is 1. The summed E-state index contributed by atoms with van der Waals surface area (Å²) in [5.74, 6) is 1.99. The number of benzene rings is 1. The molecule has 32 heavy (non-hydrogen) atoms. The molecule has 1 aromatic carbocycles. The summed E-state index contributed by atoms with van der Waals surface area (Å²) >= 11 is 1.34. The molecule has 0 fully saturated rings. The number of aromatic nitrogens is 5. The van der Waals surface area contributed by atoms with E-state index in [0.29, 0.717) is 29.1 Å². The predicted octanol–water partition coefficient (Wildman–Crippen LogP) is 4.35. The lowest BCUT2D eigenvalue weighted by Crippen LogP contribution is -2.17. The van der Waals surface area contributed by atoms with Crippen LogP contribution in [0, 0.1) is 0 Å². The van der Waals surface area contributed by atoms with Gasteiger partial charge >= 0.3 is 0 Å². The van der Waals surface area contributed by atoms with E-state index in [1.54, 1.807) is 10.9 Å². The third-order valence-corrected chi connectivity index (χ3v) is 5.86. The normalized spacial score (nSPS) is 11.6. The number of rotatable bonds is 7. The second-order valence-corrected chi connectivity index (χ2v) is 9.42. The van der Waals surface area contributed by atoms with Gasteiger partial charge < -0.3 is 9.73 Å². The van der Waals surface area contributed by atoms with Crippen molar-refractivity contribution in [2.45, 2.75) is 37.9 Å². The summed E-state index contributed by atoms with van der Waals surface area (Å²) in [5.41, 5.74) is 1.94. The molecule has 1 N–H and O–H groups in total. The van der Waals surface area contributed by atoms with Crippen LogP contribution in [0.3, 0.4) is 0 Å². The van der Waals surface area contributed by atoms with Crippen LogP contribution in [0.2, 0.25) is 0 Å². The topological polar surface area (TPSA) is 90.8 Å². The number of carbonyl (C=O) groups excluding carboxylic acids is 1. The van der Waals surface area contributed by atoms with Gasteiger partial charge in [0.2, 0.25) is 11.7 Å². The molecule has 0 aliphatic carbocycles. The smallest absolute Gasteiger partial charge is 0.235 e. The zero-order valence-electron chi connectivity index (χ0n) is 18.6. The highest BCUT2D eigenvalue weighted by Gasteiger charge is 2.21. The van der Waals surface area contributed by atoms with Gasteiger partial charge in [-0.05, 0) is 17.7 Å². The Kier molecular flexibility index (Phi) is 6.18. The Morgan fingerprint density at radius 2 is 1.91 bits per heavy atom. The first kappa shape index (κ1) is 21.9. The molecular weight excluding hydrogens is 424 g/mol. The molecule has 1 amide bonds. The van der Waals surface area contributed by atoms with Gasteiger partial charge in [0.15, 0.2) is 10.9 Å². The second-order valence-electron chi connectivity index (χ2n) is 8.48. The third-order valence-electron chi connectivity index (χ3n) is 4.89. The fourth-order valence-corrected chi connectivity index (χ4v) is 3.89.